The number of hydrogen-bond donors (Lipinski definition) is 1. The van der Waals surface area contributed by atoms with Gasteiger partial charge >= 0.3 is 5.97 Å². The Hall–Kier alpha value is -0.610. The molecule has 0 bridgehead atoms. The Morgan fingerprint density at radius 1 is 1.62 bits per heavy atom. The lowest BCUT2D eigenvalue weighted by Crippen LogP contribution is -2.37. The fourth-order valence-corrected chi connectivity index (χ4v) is 2.27. The quantitative estimate of drug-likeness (QED) is 0.751. The smallest absolute Gasteiger partial charge is 0.332 e. The van der Waals surface area contributed by atoms with Crippen molar-refractivity contribution in [2.45, 2.75) is 39.2 Å². The van der Waals surface area contributed by atoms with Crippen LogP contribution in [0.4, 0.5) is 0 Å². The van der Waals surface area contributed by atoms with Gasteiger partial charge in [-0.2, -0.15) is 0 Å². The SMILES string of the molecule is CCOC(CCN1CCCC(C)C1)C(=O)O. The molecule has 0 spiro atoms. The van der Waals surface area contributed by atoms with Gasteiger partial charge in [-0.15, -0.1) is 0 Å². The molecule has 4 nitrogen and oxygen atoms in total. The molecule has 0 amide bonds. The van der Waals surface area contributed by atoms with Crippen LogP contribution in [0.15, 0.2) is 0 Å². The molecular formula is C12H23NO3. The van der Waals surface area contributed by atoms with Crippen LogP contribution in [0.1, 0.15) is 33.1 Å². The third-order valence-corrected chi connectivity index (χ3v) is 3.09. The number of piperidine rings is 1. The van der Waals surface area contributed by atoms with Crippen LogP contribution in [0.2, 0.25) is 0 Å². The number of hydrogen-bond acceptors (Lipinski definition) is 3. The van der Waals surface area contributed by atoms with Gasteiger partial charge in [-0.25, -0.2) is 4.79 Å². The topological polar surface area (TPSA) is 49.8 Å². The Bertz CT molecular complexity index is 220. The molecule has 1 fully saturated rings. The van der Waals surface area contributed by atoms with Crippen molar-refractivity contribution in [1.82, 2.24) is 4.90 Å². The van der Waals surface area contributed by atoms with Gasteiger partial charge in [0.15, 0.2) is 6.10 Å². The van der Waals surface area contributed by atoms with Gasteiger partial charge in [-0.1, -0.05) is 6.92 Å². The molecule has 0 aromatic carbocycles. The molecule has 1 aliphatic heterocycles. The zero-order valence-electron chi connectivity index (χ0n) is 10.3. The molecule has 1 heterocycles. The van der Waals surface area contributed by atoms with Gasteiger partial charge in [0.1, 0.15) is 0 Å². The first-order valence-electron chi connectivity index (χ1n) is 6.20. The Morgan fingerprint density at radius 3 is 2.94 bits per heavy atom. The molecule has 4 heteroatoms. The number of nitrogens with zero attached hydrogens (tertiary/aromatic N) is 1. The molecule has 2 unspecified atom stereocenters. The van der Waals surface area contributed by atoms with Crippen LogP contribution in [-0.2, 0) is 9.53 Å². The number of carboxylic acids is 1. The summed E-state index contributed by atoms with van der Waals surface area (Å²) < 4.78 is 5.20. The van der Waals surface area contributed by atoms with Crippen molar-refractivity contribution < 1.29 is 14.6 Å². The van der Waals surface area contributed by atoms with E-state index in [4.69, 9.17) is 9.84 Å². The molecule has 0 aromatic rings. The highest BCUT2D eigenvalue weighted by Gasteiger charge is 2.21. The summed E-state index contributed by atoms with van der Waals surface area (Å²) in [6.07, 6.45) is 2.48. The molecule has 0 aromatic heterocycles. The van der Waals surface area contributed by atoms with Crippen LogP contribution >= 0.6 is 0 Å². The highest BCUT2D eigenvalue weighted by atomic mass is 16.5. The summed E-state index contributed by atoms with van der Waals surface area (Å²) in [6, 6.07) is 0. The van der Waals surface area contributed by atoms with Gasteiger partial charge in [0.05, 0.1) is 0 Å². The Kier molecular flexibility index (Phi) is 5.77. The van der Waals surface area contributed by atoms with E-state index in [1.165, 1.54) is 12.8 Å². The van der Waals surface area contributed by atoms with Gasteiger partial charge in [0, 0.05) is 19.7 Å². The zero-order valence-corrected chi connectivity index (χ0v) is 10.3. The van der Waals surface area contributed by atoms with Crippen LogP contribution in [0.25, 0.3) is 0 Å². The molecular weight excluding hydrogens is 206 g/mol. The standard InChI is InChI=1S/C12H23NO3/c1-3-16-11(12(14)15)6-8-13-7-4-5-10(2)9-13/h10-11H,3-9H2,1-2H3,(H,14,15). The molecule has 16 heavy (non-hydrogen) atoms. The third-order valence-electron chi connectivity index (χ3n) is 3.09. The van der Waals surface area contributed by atoms with Crippen LogP contribution in [-0.4, -0.2) is 48.3 Å². The lowest BCUT2D eigenvalue weighted by atomic mass is 10.00. The second-order valence-electron chi connectivity index (χ2n) is 4.62. The van der Waals surface area contributed by atoms with E-state index in [0.717, 1.165) is 25.6 Å². The lowest BCUT2D eigenvalue weighted by Gasteiger charge is -2.31. The minimum Gasteiger partial charge on any atom is -0.479 e. The fourth-order valence-electron chi connectivity index (χ4n) is 2.27. The Labute approximate surface area is 97.6 Å². The van der Waals surface area contributed by atoms with E-state index in [0.29, 0.717) is 13.0 Å². The average molecular weight is 229 g/mol. The Balaban J connectivity index is 2.28. The minimum absolute atomic E-state index is 0.466. The summed E-state index contributed by atoms with van der Waals surface area (Å²) in [6.45, 7) is 7.58. The summed E-state index contributed by atoms with van der Waals surface area (Å²) in [5, 5.41) is 8.94. The van der Waals surface area contributed by atoms with E-state index in [1.807, 2.05) is 6.92 Å². The number of rotatable bonds is 6. The second kappa shape index (κ2) is 6.86. The second-order valence-corrected chi connectivity index (χ2v) is 4.62. The molecule has 1 aliphatic rings. The van der Waals surface area contributed by atoms with Crippen molar-refractivity contribution in [2.75, 3.05) is 26.2 Å². The fraction of sp³-hybridized carbons (Fsp3) is 0.917. The van der Waals surface area contributed by atoms with Crippen molar-refractivity contribution in [3.8, 4) is 0 Å². The summed E-state index contributed by atoms with van der Waals surface area (Å²) in [7, 11) is 0. The first kappa shape index (κ1) is 13.5. The highest BCUT2D eigenvalue weighted by molar-refractivity contribution is 5.72. The number of carbonyl (C=O) groups is 1. The lowest BCUT2D eigenvalue weighted by molar-refractivity contribution is -0.150. The largest absolute Gasteiger partial charge is 0.479 e. The third kappa shape index (κ3) is 4.49. The summed E-state index contributed by atoms with van der Waals surface area (Å²) in [4.78, 5) is 13.2. The predicted molar refractivity (Wildman–Crippen MR) is 62.5 cm³/mol. The van der Waals surface area contributed by atoms with Gasteiger partial charge in [0.25, 0.3) is 0 Å². The number of aliphatic carboxylic acids is 1. The molecule has 1 N–H and O–H groups in total. The maximum absolute atomic E-state index is 10.9. The number of likely N-dealkylation sites (tertiary alicyclic amines) is 1. The Morgan fingerprint density at radius 2 is 2.38 bits per heavy atom. The van der Waals surface area contributed by atoms with Crippen molar-refractivity contribution in [3.63, 3.8) is 0 Å². The van der Waals surface area contributed by atoms with E-state index in [2.05, 4.69) is 11.8 Å². The van der Waals surface area contributed by atoms with E-state index in [9.17, 15) is 4.79 Å². The molecule has 1 saturated heterocycles. The molecule has 0 saturated carbocycles. The average Bonchev–Trinajstić information content (AvgIpc) is 2.24. The van der Waals surface area contributed by atoms with Gasteiger partial charge in [-0.05, 0) is 38.6 Å². The van der Waals surface area contributed by atoms with Crippen LogP contribution < -0.4 is 0 Å². The van der Waals surface area contributed by atoms with Gasteiger partial charge in [0.2, 0.25) is 0 Å². The van der Waals surface area contributed by atoms with Crippen LogP contribution in [0, 0.1) is 5.92 Å². The van der Waals surface area contributed by atoms with E-state index >= 15 is 0 Å². The van der Waals surface area contributed by atoms with E-state index in [1.54, 1.807) is 0 Å². The number of carboxylic acid groups (broad SMARTS) is 1. The number of ether oxygens (including phenoxy) is 1. The molecule has 94 valence electrons. The first-order valence-corrected chi connectivity index (χ1v) is 6.20. The van der Waals surface area contributed by atoms with Gasteiger partial charge < -0.3 is 14.7 Å². The maximum atomic E-state index is 10.9. The molecule has 1 rings (SSSR count). The molecule has 0 aliphatic carbocycles. The summed E-state index contributed by atoms with van der Waals surface area (Å²) >= 11 is 0. The molecule has 2 atom stereocenters. The predicted octanol–water partition coefficient (Wildman–Crippen LogP) is 1.60. The molecule has 0 radical (unpaired) electrons. The van der Waals surface area contributed by atoms with Crippen LogP contribution in [0.3, 0.4) is 0 Å². The highest BCUT2D eigenvalue weighted by Crippen LogP contribution is 2.16. The van der Waals surface area contributed by atoms with Gasteiger partial charge in [-0.3, -0.25) is 0 Å². The first-order chi connectivity index (χ1) is 7.63. The summed E-state index contributed by atoms with van der Waals surface area (Å²) in [5.41, 5.74) is 0. The van der Waals surface area contributed by atoms with E-state index < -0.39 is 12.1 Å². The van der Waals surface area contributed by atoms with Crippen LogP contribution in [0.5, 0.6) is 0 Å². The minimum atomic E-state index is -0.841. The van der Waals surface area contributed by atoms with Crippen molar-refractivity contribution >= 4 is 5.97 Å². The van der Waals surface area contributed by atoms with Crippen molar-refractivity contribution in [1.29, 1.82) is 0 Å². The van der Waals surface area contributed by atoms with Crippen molar-refractivity contribution in [3.05, 3.63) is 0 Å². The monoisotopic (exact) mass is 229 g/mol. The maximum Gasteiger partial charge on any atom is 0.332 e. The zero-order chi connectivity index (χ0) is 12.0. The summed E-state index contributed by atoms with van der Waals surface area (Å²) in [5.74, 6) is -0.101. The van der Waals surface area contributed by atoms with Crippen molar-refractivity contribution in [2.24, 2.45) is 5.92 Å². The normalized spacial score (nSPS) is 24.2. The van der Waals surface area contributed by atoms with E-state index in [-0.39, 0.29) is 0 Å².